The Balaban J connectivity index is 3.02. The lowest BCUT2D eigenvalue weighted by Crippen LogP contribution is -2.32. The summed E-state index contributed by atoms with van der Waals surface area (Å²) in [5.74, 6) is 0. The highest BCUT2D eigenvalue weighted by Gasteiger charge is 2.14. The van der Waals surface area contributed by atoms with Crippen LogP contribution >= 0.6 is 0 Å². The highest BCUT2D eigenvalue weighted by molar-refractivity contribution is 6.60. The highest BCUT2D eigenvalue weighted by atomic mass is 16.4. The minimum atomic E-state index is -1.44. The molecule has 0 radical (unpaired) electrons. The van der Waals surface area contributed by atoms with Gasteiger partial charge in [-0.25, -0.2) is 0 Å². The van der Waals surface area contributed by atoms with Crippen LogP contribution in [0.2, 0.25) is 0 Å². The summed E-state index contributed by atoms with van der Waals surface area (Å²) in [6.07, 6.45) is 3.05. The van der Waals surface area contributed by atoms with Gasteiger partial charge in [0.05, 0.1) is 5.69 Å². The lowest BCUT2D eigenvalue weighted by molar-refractivity contribution is 0.426. The Kier molecular flexibility index (Phi) is 2.46. The number of aromatic nitrogens is 1. The fraction of sp³-hybridized carbons (Fsp3) is 0.167. The maximum absolute atomic E-state index is 8.82. The first-order valence-electron chi connectivity index (χ1n) is 3.23. The third-order valence-electron chi connectivity index (χ3n) is 1.40. The average Bonchev–Trinajstić information content (AvgIpc) is 2.04. The van der Waals surface area contributed by atoms with Crippen LogP contribution in [0.25, 0.3) is 0 Å². The second-order valence-corrected chi connectivity index (χ2v) is 2.09. The van der Waals surface area contributed by atoms with Crippen molar-refractivity contribution in [2.45, 2.75) is 0 Å². The van der Waals surface area contributed by atoms with Gasteiger partial charge in [-0.05, 0) is 6.07 Å². The van der Waals surface area contributed by atoms with Crippen molar-refractivity contribution in [2.75, 3.05) is 12.4 Å². The quantitative estimate of drug-likeness (QED) is 0.466. The second kappa shape index (κ2) is 3.36. The molecule has 11 heavy (non-hydrogen) atoms. The van der Waals surface area contributed by atoms with Gasteiger partial charge in [0, 0.05) is 24.9 Å². The van der Waals surface area contributed by atoms with E-state index in [2.05, 4.69) is 10.3 Å². The molecule has 0 spiro atoms. The number of nitrogens with one attached hydrogen (secondary N) is 1. The van der Waals surface area contributed by atoms with E-state index in [1.165, 1.54) is 12.4 Å². The minimum Gasteiger partial charge on any atom is -0.423 e. The largest absolute Gasteiger partial charge is 0.490 e. The normalized spacial score (nSPS) is 9.36. The Hall–Kier alpha value is -1.07. The van der Waals surface area contributed by atoms with E-state index >= 15 is 0 Å². The van der Waals surface area contributed by atoms with Gasteiger partial charge < -0.3 is 15.4 Å². The zero-order valence-electron chi connectivity index (χ0n) is 6.15. The monoisotopic (exact) mass is 152 g/mol. The van der Waals surface area contributed by atoms with E-state index in [9.17, 15) is 0 Å². The maximum Gasteiger partial charge on any atom is 0.490 e. The SMILES string of the molecule is CNc1cnccc1B(O)O. The van der Waals surface area contributed by atoms with E-state index in [1.807, 2.05) is 0 Å². The predicted molar refractivity (Wildman–Crippen MR) is 43.6 cm³/mol. The van der Waals surface area contributed by atoms with Gasteiger partial charge in [-0.15, -0.1) is 0 Å². The van der Waals surface area contributed by atoms with E-state index in [1.54, 1.807) is 13.1 Å². The smallest absolute Gasteiger partial charge is 0.423 e. The number of pyridine rings is 1. The van der Waals surface area contributed by atoms with Gasteiger partial charge in [-0.3, -0.25) is 4.98 Å². The van der Waals surface area contributed by atoms with Crippen molar-refractivity contribution < 1.29 is 10.0 Å². The first kappa shape index (κ1) is 8.04. The van der Waals surface area contributed by atoms with E-state index < -0.39 is 7.12 Å². The zero-order chi connectivity index (χ0) is 8.27. The van der Waals surface area contributed by atoms with Crippen molar-refractivity contribution in [1.29, 1.82) is 0 Å². The van der Waals surface area contributed by atoms with Crippen LogP contribution < -0.4 is 10.8 Å². The van der Waals surface area contributed by atoms with Crippen LogP contribution in [0.3, 0.4) is 0 Å². The first-order chi connectivity index (χ1) is 5.25. The number of nitrogens with zero attached hydrogens (tertiary/aromatic N) is 1. The molecule has 1 heterocycles. The van der Waals surface area contributed by atoms with Crippen LogP contribution in [0.5, 0.6) is 0 Å². The molecule has 0 aliphatic heterocycles. The van der Waals surface area contributed by atoms with E-state index in [-0.39, 0.29) is 0 Å². The number of hydrogen-bond acceptors (Lipinski definition) is 4. The lowest BCUT2D eigenvalue weighted by Gasteiger charge is -2.05. The van der Waals surface area contributed by atoms with Crippen molar-refractivity contribution in [3.63, 3.8) is 0 Å². The fourth-order valence-electron chi connectivity index (χ4n) is 0.839. The molecule has 0 unspecified atom stereocenters. The van der Waals surface area contributed by atoms with E-state index in [0.29, 0.717) is 11.2 Å². The summed E-state index contributed by atoms with van der Waals surface area (Å²) in [7, 11) is 0.253. The summed E-state index contributed by atoms with van der Waals surface area (Å²) in [6.45, 7) is 0. The standard InChI is InChI=1S/C6H9BN2O2/c1-8-6-4-9-3-2-5(6)7(10)11/h2-4,8,10-11H,1H3. The summed E-state index contributed by atoms with van der Waals surface area (Å²) in [5.41, 5.74) is 1.06. The van der Waals surface area contributed by atoms with Crippen LogP contribution in [0, 0.1) is 0 Å². The number of rotatable bonds is 2. The van der Waals surface area contributed by atoms with Crippen molar-refractivity contribution in [2.24, 2.45) is 0 Å². The molecule has 1 aromatic rings. The lowest BCUT2D eigenvalue weighted by atomic mass is 9.80. The topological polar surface area (TPSA) is 65.4 Å². The molecule has 3 N–H and O–H groups in total. The molecule has 0 saturated heterocycles. The number of hydrogen-bond donors (Lipinski definition) is 3. The molecule has 0 fully saturated rings. The Labute approximate surface area is 65.0 Å². The molecule has 0 bridgehead atoms. The molecule has 58 valence electrons. The van der Waals surface area contributed by atoms with Gasteiger partial charge in [0.25, 0.3) is 0 Å². The van der Waals surface area contributed by atoms with Crippen LogP contribution in [0.4, 0.5) is 5.69 Å². The van der Waals surface area contributed by atoms with Gasteiger partial charge in [-0.1, -0.05) is 0 Å². The summed E-state index contributed by atoms with van der Waals surface area (Å²) in [5, 5.41) is 20.4. The molecule has 0 aliphatic rings. The van der Waals surface area contributed by atoms with Crippen molar-refractivity contribution >= 4 is 18.3 Å². The average molecular weight is 152 g/mol. The predicted octanol–water partition coefficient (Wildman–Crippen LogP) is -1.20. The zero-order valence-corrected chi connectivity index (χ0v) is 6.15. The number of anilines is 1. The van der Waals surface area contributed by atoms with Crippen molar-refractivity contribution in [3.05, 3.63) is 18.5 Å². The second-order valence-electron chi connectivity index (χ2n) is 2.09. The molecule has 1 aromatic heterocycles. The third-order valence-corrected chi connectivity index (χ3v) is 1.40. The summed E-state index contributed by atoms with van der Waals surface area (Å²) >= 11 is 0. The van der Waals surface area contributed by atoms with E-state index in [4.69, 9.17) is 10.0 Å². The molecule has 4 nitrogen and oxygen atoms in total. The van der Waals surface area contributed by atoms with Gasteiger partial charge in [0.1, 0.15) is 0 Å². The summed E-state index contributed by atoms with van der Waals surface area (Å²) in [6, 6.07) is 1.55. The Morgan fingerprint density at radius 2 is 2.27 bits per heavy atom. The van der Waals surface area contributed by atoms with Crippen molar-refractivity contribution in [3.8, 4) is 0 Å². The van der Waals surface area contributed by atoms with Crippen LogP contribution in [0.15, 0.2) is 18.5 Å². The van der Waals surface area contributed by atoms with Gasteiger partial charge >= 0.3 is 7.12 Å². The Morgan fingerprint density at radius 1 is 1.55 bits per heavy atom. The molecule has 0 aromatic carbocycles. The van der Waals surface area contributed by atoms with Gasteiger partial charge in [0.2, 0.25) is 0 Å². The molecular weight excluding hydrogens is 143 g/mol. The van der Waals surface area contributed by atoms with Gasteiger partial charge in [0.15, 0.2) is 0 Å². The van der Waals surface area contributed by atoms with Crippen LogP contribution in [0.1, 0.15) is 0 Å². The molecule has 0 amide bonds. The molecule has 1 rings (SSSR count). The van der Waals surface area contributed by atoms with Crippen molar-refractivity contribution in [1.82, 2.24) is 4.98 Å². The van der Waals surface area contributed by atoms with E-state index in [0.717, 1.165) is 0 Å². The van der Waals surface area contributed by atoms with Gasteiger partial charge in [-0.2, -0.15) is 0 Å². The Morgan fingerprint density at radius 3 is 2.73 bits per heavy atom. The summed E-state index contributed by atoms with van der Waals surface area (Å²) < 4.78 is 0. The minimum absolute atomic E-state index is 0.433. The molecule has 0 atom stereocenters. The van der Waals surface area contributed by atoms with Crippen LogP contribution in [-0.4, -0.2) is 29.2 Å². The molecular formula is C6H9BN2O2. The maximum atomic E-state index is 8.82. The molecule has 0 saturated carbocycles. The highest BCUT2D eigenvalue weighted by Crippen LogP contribution is 1.98. The Bertz CT molecular complexity index is 242. The first-order valence-corrected chi connectivity index (χ1v) is 3.23. The third kappa shape index (κ3) is 1.69. The van der Waals surface area contributed by atoms with Crippen LogP contribution in [-0.2, 0) is 0 Å². The molecule has 5 heteroatoms. The fourth-order valence-corrected chi connectivity index (χ4v) is 0.839. The molecule has 0 aliphatic carbocycles. The summed E-state index contributed by atoms with van der Waals surface area (Å²) in [4.78, 5) is 3.81.